The quantitative estimate of drug-likeness (QED) is 0.347. The smallest absolute Gasteiger partial charge is 0.190 e. The molecule has 5 heteroatoms. The molecule has 5 nitrogen and oxygen atoms in total. The number of ether oxygens (including phenoxy) is 5. The molecule has 0 spiro atoms. The van der Waals surface area contributed by atoms with Gasteiger partial charge in [0, 0.05) is 0 Å². The van der Waals surface area contributed by atoms with E-state index < -0.39 is 29.9 Å². The first-order chi connectivity index (χ1) is 17.0. The Morgan fingerprint density at radius 3 is 1.83 bits per heavy atom. The van der Waals surface area contributed by atoms with Crippen LogP contribution in [0.2, 0.25) is 0 Å². The molecule has 0 amide bonds. The summed E-state index contributed by atoms with van der Waals surface area (Å²) in [6, 6.07) is 30.7. The van der Waals surface area contributed by atoms with Crippen molar-refractivity contribution in [3.05, 3.63) is 108 Å². The van der Waals surface area contributed by atoms with Crippen molar-refractivity contribution in [3.8, 4) is 12.3 Å². The molecular weight excluding hydrogens is 440 g/mol. The first-order valence-corrected chi connectivity index (χ1v) is 11.9. The van der Waals surface area contributed by atoms with Crippen LogP contribution in [0.5, 0.6) is 0 Å². The second-order valence-electron chi connectivity index (χ2n) is 9.21. The van der Waals surface area contributed by atoms with Crippen molar-refractivity contribution in [1.82, 2.24) is 0 Å². The van der Waals surface area contributed by atoms with E-state index in [9.17, 15) is 0 Å². The summed E-state index contributed by atoms with van der Waals surface area (Å²) in [6.45, 7) is 4.13. The molecule has 0 unspecified atom stereocenters. The summed E-state index contributed by atoms with van der Waals surface area (Å²) in [6.07, 6.45) is 3.73. The van der Waals surface area contributed by atoms with Crippen LogP contribution in [0.3, 0.4) is 0 Å². The zero-order valence-corrected chi connectivity index (χ0v) is 20.0. The number of terminal acetylenes is 1. The van der Waals surface area contributed by atoms with E-state index in [1.807, 2.05) is 68.4 Å². The predicted octanol–water partition coefficient (Wildman–Crippen LogP) is 4.89. The number of benzene rings is 3. The lowest BCUT2D eigenvalue weighted by Crippen LogP contribution is -2.42. The van der Waals surface area contributed by atoms with Crippen molar-refractivity contribution in [3.63, 3.8) is 0 Å². The summed E-state index contributed by atoms with van der Waals surface area (Å²) in [7, 11) is 0. The third kappa shape index (κ3) is 4.64. The minimum absolute atomic E-state index is 0.152. The van der Waals surface area contributed by atoms with Gasteiger partial charge in [-0.15, -0.1) is 6.42 Å². The predicted molar refractivity (Wildman–Crippen MR) is 132 cm³/mol. The molecule has 2 heterocycles. The van der Waals surface area contributed by atoms with Gasteiger partial charge in [-0.3, -0.25) is 0 Å². The van der Waals surface area contributed by atoms with Gasteiger partial charge in [-0.05, 0) is 30.5 Å². The maximum Gasteiger partial charge on any atom is 0.190 e. The summed E-state index contributed by atoms with van der Waals surface area (Å²) in [5.74, 6) is 1.80. The maximum atomic E-state index is 6.93. The van der Waals surface area contributed by atoms with Gasteiger partial charge in [-0.1, -0.05) is 96.9 Å². The topological polar surface area (TPSA) is 46.2 Å². The lowest BCUT2D eigenvalue weighted by atomic mass is 9.80. The molecule has 0 bridgehead atoms. The van der Waals surface area contributed by atoms with E-state index in [1.54, 1.807) is 0 Å². The van der Waals surface area contributed by atoms with Gasteiger partial charge in [0.2, 0.25) is 0 Å². The van der Waals surface area contributed by atoms with Gasteiger partial charge in [-0.2, -0.15) is 0 Å². The standard InChI is InChI=1S/C30H30O5/c1-4-20-31-26-25(33-28-27(26)34-29(2,3)35-28)21-32-30(22-14-8-5-9-15-22,23-16-10-6-11-17-23)24-18-12-7-13-19-24/h1,5-19,25-28H,20-21H2,2-3H3/t25-,26+,27-,28-/m1/s1. The zero-order valence-electron chi connectivity index (χ0n) is 20.0. The van der Waals surface area contributed by atoms with E-state index in [1.165, 1.54) is 0 Å². The minimum Gasteiger partial charge on any atom is -0.360 e. The van der Waals surface area contributed by atoms with Crippen LogP contribution >= 0.6 is 0 Å². The molecule has 35 heavy (non-hydrogen) atoms. The fourth-order valence-electron chi connectivity index (χ4n) is 5.00. The minimum atomic E-state index is -0.859. The van der Waals surface area contributed by atoms with Gasteiger partial charge in [0.25, 0.3) is 0 Å². The van der Waals surface area contributed by atoms with Gasteiger partial charge < -0.3 is 23.7 Å². The van der Waals surface area contributed by atoms with E-state index in [0.29, 0.717) is 0 Å². The number of hydrogen-bond acceptors (Lipinski definition) is 5. The third-order valence-corrected chi connectivity index (χ3v) is 6.45. The van der Waals surface area contributed by atoms with Crippen molar-refractivity contribution in [2.75, 3.05) is 13.2 Å². The van der Waals surface area contributed by atoms with Gasteiger partial charge >= 0.3 is 0 Å². The number of rotatable bonds is 8. The average Bonchev–Trinajstić information content (AvgIpc) is 3.36. The van der Waals surface area contributed by atoms with E-state index >= 15 is 0 Å². The molecule has 2 aliphatic heterocycles. The van der Waals surface area contributed by atoms with Crippen LogP contribution in [0.25, 0.3) is 0 Å². The lowest BCUT2D eigenvalue weighted by Gasteiger charge is -2.37. The van der Waals surface area contributed by atoms with Gasteiger partial charge in [0.1, 0.15) is 30.5 Å². The molecule has 3 aromatic carbocycles. The lowest BCUT2D eigenvalue weighted by molar-refractivity contribution is -0.226. The highest BCUT2D eigenvalue weighted by Crippen LogP contribution is 2.43. The second kappa shape index (κ2) is 9.94. The van der Waals surface area contributed by atoms with Crippen LogP contribution in [0.15, 0.2) is 91.0 Å². The van der Waals surface area contributed by atoms with Crippen molar-refractivity contribution < 1.29 is 23.7 Å². The Bertz CT molecular complexity index is 1040. The van der Waals surface area contributed by atoms with Crippen molar-refractivity contribution in [2.45, 2.75) is 49.8 Å². The highest BCUT2D eigenvalue weighted by molar-refractivity contribution is 5.47. The van der Waals surface area contributed by atoms with E-state index in [0.717, 1.165) is 16.7 Å². The highest BCUT2D eigenvalue weighted by atomic mass is 16.8. The first-order valence-electron chi connectivity index (χ1n) is 11.9. The summed E-state index contributed by atoms with van der Waals surface area (Å²) < 4.78 is 31.3. The summed E-state index contributed by atoms with van der Waals surface area (Å²) in [5, 5.41) is 0. The molecule has 0 aliphatic carbocycles. The Balaban J connectivity index is 1.52. The van der Waals surface area contributed by atoms with E-state index in [-0.39, 0.29) is 19.3 Å². The molecule has 0 saturated carbocycles. The monoisotopic (exact) mass is 470 g/mol. The molecular formula is C30H30O5. The molecule has 2 saturated heterocycles. The SMILES string of the molecule is C#CCO[C@@H]1[C@H]2OC(C)(C)O[C@H]2O[C@@H]1COC(c1ccccc1)(c1ccccc1)c1ccccc1. The Hall–Kier alpha value is -2.98. The maximum absolute atomic E-state index is 6.93. The molecule has 0 aromatic heterocycles. The van der Waals surface area contributed by atoms with Crippen LogP contribution in [0, 0.1) is 12.3 Å². The summed E-state index contributed by atoms with van der Waals surface area (Å²) in [4.78, 5) is 0. The first kappa shape index (κ1) is 23.7. The normalized spacial score (nSPS) is 25.2. The summed E-state index contributed by atoms with van der Waals surface area (Å²) in [5.41, 5.74) is 2.20. The Kier molecular flexibility index (Phi) is 6.75. The van der Waals surface area contributed by atoms with Crippen LogP contribution in [-0.2, 0) is 29.3 Å². The average molecular weight is 471 g/mol. The van der Waals surface area contributed by atoms with Gasteiger partial charge in [0.15, 0.2) is 12.1 Å². The number of hydrogen-bond donors (Lipinski definition) is 0. The number of fused-ring (bicyclic) bond motifs is 1. The molecule has 0 N–H and O–H groups in total. The molecule has 2 fully saturated rings. The Labute approximate surface area is 206 Å². The summed E-state index contributed by atoms with van der Waals surface area (Å²) >= 11 is 0. The molecule has 3 aromatic rings. The van der Waals surface area contributed by atoms with E-state index in [2.05, 4.69) is 42.3 Å². The molecule has 5 rings (SSSR count). The second-order valence-corrected chi connectivity index (χ2v) is 9.21. The zero-order chi connectivity index (χ0) is 24.3. The molecule has 180 valence electrons. The highest BCUT2D eigenvalue weighted by Gasteiger charge is 2.56. The van der Waals surface area contributed by atoms with E-state index in [4.69, 9.17) is 30.1 Å². The van der Waals surface area contributed by atoms with Crippen molar-refractivity contribution in [2.24, 2.45) is 0 Å². The molecule has 0 radical (unpaired) electrons. The van der Waals surface area contributed by atoms with Crippen LogP contribution in [-0.4, -0.2) is 43.6 Å². The van der Waals surface area contributed by atoms with Crippen molar-refractivity contribution in [1.29, 1.82) is 0 Å². The third-order valence-electron chi connectivity index (χ3n) is 6.45. The molecule has 4 atom stereocenters. The van der Waals surface area contributed by atoms with Crippen molar-refractivity contribution >= 4 is 0 Å². The Morgan fingerprint density at radius 1 is 0.829 bits per heavy atom. The Morgan fingerprint density at radius 2 is 1.34 bits per heavy atom. The molecule has 2 aliphatic rings. The van der Waals surface area contributed by atoms with Gasteiger partial charge in [-0.25, -0.2) is 0 Å². The van der Waals surface area contributed by atoms with Gasteiger partial charge in [0.05, 0.1) is 6.61 Å². The van der Waals surface area contributed by atoms with Crippen LogP contribution < -0.4 is 0 Å². The fraction of sp³-hybridized carbons (Fsp3) is 0.333. The van der Waals surface area contributed by atoms with Crippen LogP contribution in [0.4, 0.5) is 0 Å². The largest absolute Gasteiger partial charge is 0.360 e. The fourth-order valence-corrected chi connectivity index (χ4v) is 5.00. The van der Waals surface area contributed by atoms with Crippen LogP contribution in [0.1, 0.15) is 30.5 Å².